The van der Waals surface area contributed by atoms with Crippen molar-refractivity contribution in [2.75, 3.05) is 13.1 Å². The van der Waals surface area contributed by atoms with Gasteiger partial charge in [0.15, 0.2) is 0 Å². The van der Waals surface area contributed by atoms with Crippen LogP contribution in [0.3, 0.4) is 0 Å². The summed E-state index contributed by atoms with van der Waals surface area (Å²) in [6, 6.07) is 5.47. The molecule has 21 heavy (non-hydrogen) atoms. The second-order valence-corrected chi connectivity index (χ2v) is 8.63. The third-order valence-corrected chi connectivity index (χ3v) is 7.15. The molecule has 0 unspecified atom stereocenters. The van der Waals surface area contributed by atoms with Crippen molar-refractivity contribution in [2.24, 2.45) is 0 Å². The molecule has 0 amide bonds. The fourth-order valence-corrected chi connectivity index (χ4v) is 5.52. The number of aryl methyl sites for hydroxylation is 1. The third kappa shape index (κ3) is 3.00. The number of hydrogen-bond donors (Lipinski definition) is 0. The number of piperidine rings is 1. The lowest BCUT2D eigenvalue weighted by Crippen LogP contribution is -2.37. The van der Waals surface area contributed by atoms with Crippen LogP contribution >= 0.6 is 11.3 Å². The first-order valence-corrected chi connectivity index (χ1v) is 9.15. The molecule has 0 atom stereocenters. The fourth-order valence-electron chi connectivity index (χ4n) is 2.61. The van der Waals surface area contributed by atoms with Gasteiger partial charge < -0.3 is 0 Å². The summed E-state index contributed by atoms with van der Waals surface area (Å²) in [7, 11) is -3.33. The first kappa shape index (κ1) is 14.6. The largest absolute Gasteiger partial charge is 0.252 e. The van der Waals surface area contributed by atoms with Crippen LogP contribution in [-0.4, -0.2) is 35.8 Å². The van der Waals surface area contributed by atoms with E-state index in [0.29, 0.717) is 23.2 Å². The Labute approximate surface area is 128 Å². The van der Waals surface area contributed by atoms with Gasteiger partial charge in [0.05, 0.1) is 0 Å². The van der Waals surface area contributed by atoms with Crippen LogP contribution in [0.25, 0.3) is 0 Å². The van der Waals surface area contributed by atoms with Gasteiger partial charge in [-0.3, -0.25) is 0 Å². The molecule has 0 radical (unpaired) electrons. The average Bonchev–Trinajstić information content (AvgIpc) is 2.96. The van der Waals surface area contributed by atoms with Gasteiger partial charge in [-0.05, 0) is 38.0 Å². The molecule has 1 fully saturated rings. The van der Waals surface area contributed by atoms with E-state index >= 15 is 0 Å². The molecule has 0 saturated carbocycles. The Bertz CT molecular complexity index is 705. The number of aromatic nitrogens is 2. The van der Waals surface area contributed by atoms with E-state index in [0.717, 1.165) is 23.4 Å². The van der Waals surface area contributed by atoms with Gasteiger partial charge in [-0.2, -0.15) is 4.31 Å². The first-order valence-electron chi connectivity index (χ1n) is 6.90. The number of nitrogens with zero attached hydrogens (tertiary/aromatic N) is 3. The predicted molar refractivity (Wildman–Crippen MR) is 81.8 cm³/mol. The molecule has 0 spiro atoms. The molecule has 1 aliphatic heterocycles. The molecule has 3 rings (SSSR count). The lowest BCUT2D eigenvalue weighted by atomic mass is 9.94. The van der Waals surface area contributed by atoms with Crippen molar-refractivity contribution in [3.05, 3.63) is 41.3 Å². The topological polar surface area (TPSA) is 63.2 Å². The summed E-state index contributed by atoms with van der Waals surface area (Å²) in [6.45, 7) is 3.02. The Morgan fingerprint density at radius 1 is 1.24 bits per heavy atom. The molecule has 7 heteroatoms. The summed E-state index contributed by atoms with van der Waals surface area (Å²) in [5.41, 5.74) is 1.01. The van der Waals surface area contributed by atoms with Gasteiger partial charge in [0.1, 0.15) is 10.5 Å². The summed E-state index contributed by atoms with van der Waals surface area (Å²) in [5.74, 6) is 0.324. The van der Waals surface area contributed by atoms with Crippen LogP contribution in [0.4, 0.5) is 0 Å². The van der Waals surface area contributed by atoms with Crippen molar-refractivity contribution >= 4 is 21.4 Å². The van der Waals surface area contributed by atoms with E-state index < -0.39 is 10.0 Å². The second kappa shape index (κ2) is 5.82. The summed E-state index contributed by atoms with van der Waals surface area (Å²) < 4.78 is 27.1. The Morgan fingerprint density at radius 2 is 2.00 bits per heavy atom. The zero-order valence-corrected chi connectivity index (χ0v) is 13.4. The van der Waals surface area contributed by atoms with E-state index in [2.05, 4.69) is 9.97 Å². The van der Waals surface area contributed by atoms with Gasteiger partial charge >= 0.3 is 0 Å². The molecule has 0 bridgehead atoms. The van der Waals surface area contributed by atoms with Gasteiger partial charge in [0, 0.05) is 35.8 Å². The maximum Gasteiger partial charge on any atom is 0.252 e. The normalized spacial score (nSPS) is 18.0. The summed E-state index contributed by atoms with van der Waals surface area (Å²) in [5, 5.41) is 0. The first-order chi connectivity index (χ1) is 10.1. The van der Waals surface area contributed by atoms with E-state index in [1.165, 1.54) is 11.3 Å². The Balaban J connectivity index is 1.71. The SMILES string of the molecule is Cc1ccc(S(=O)(=O)N2CCC(c3ccncn3)CC2)s1. The molecule has 1 aliphatic rings. The Morgan fingerprint density at radius 3 is 2.57 bits per heavy atom. The van der Waals surface area contributed by atoms with Crippen molar-refractivity contribution in [3.8, 4) is 0 Å². The van der Waals surface area contributed by atoms with Gasteiger partial charge in [0.25, 0.3) is 10.0 Å². The molecule has 2 aromatic rings. The van der Waals surface area contributed by atoms with E-state index in [9.17, 15) is 8.42 Å². The van der Waals surface area contributed by atoms with E-state index in [4.69, 9.17) is 0 Å². The molecule has 0 aromatic carbocycles. The van der Waals surface area contributed by atoms with Crippen LogP contribution in [0.2, 0.25) is 0 Å². The Kier molecular flexibility index (Phi) is 4.05. The molecular weight excluding hydrogens is 306 g/mol. The van der Waals surface area contributed by atoms with Crippen LogP contribution in [0, 0.1) is 6.92 Å². The predicted octanol–water partition coefficient (Wildman–Crippen LogP) is 2.41. The molecule has 112 valence electrons. The molecule has 1 saturated heterocycles. The highest BCUT2D eigenvalue weighted by molar-refractivity contribution is 7.91. The fraction of sp³-hybridized carbons (Fsp3) is 0.429. The van der Waals surface area contributed by atoms with Gasteiger partial charge in [0.2, 0.25) is 0 Å². The zero-order chi connectivity index (χ0) is 14.9. The molecule has 0 aliphatic carbocycles. The van der Waals surface area contributed by atoms with Crippen molar-refractivity contribution in [1.82, 2.24) is 14.3 Å². The van der Waals surface area contributed by atoms with Gasteiger partial charge in [-0.1, -0.05) is 0 Å². The maximum atomic E-state index is 12.6. The van der Waals surface area contributed by atoms with Crippen LogP contribution < -0.4 is 0 Å². The number of hydrogen-bond acceptors (Lipinski definition) is 5. The van der Waals surface area contributed by atoms with E-state index in [1.807, 2.05) is 19.1 Å². The van der Waals surface area contributed by atoms with Crippen LogP contribution in [0.1, 0.15) is 29.3 Å². The molecule has 0 N–H and O–H groups in total. The van der Waals surface area contributed by atoms with Gasteiger partial charge in [-0.25, -0.2) is 18.4 Å². The molecule has 2 aromatic heterocycles. The minimum atomic E-state index is -3.33. The van der Waals surface area contributed by atoms with E-state index in [-0.39, 0.29) is 0 Å². The molecule has 5 nitrogen and oxygen atoms in total. The smallest absolute Gasteiger partial charge is 0.245 e. The Hall–Kier alpha value is -1.31. The minimum absolute atomic E-state index is 0.324. The number of thiophene rings is 1. The second-order valence-electron chi connectivity index (χ2n) is 5.18. The number of sulfonamides is 1. The van der Waals surface area contributed by atoms with Gasteiger partial charge in [-0.15, -0.1) is 11.3 Å². The molecule has 3 heterocycles. The lowest BCUT2D eigenvalue weighted by Gasteiger charge is -2.30. The van der Waals surface area contributed by atoms with Crippen molar-refractivity contribution in [2.45, 2.75) is 29.9 Å². The number of rotatable bonds is 3. The zero-order valence-electron chi connectivity index (χ0n) is 11.8. The highest BCUT2D eigenvalue weighted by Crippen LogP contribution is 2.31. The van der Waals surface area contributed by atoms with Crippen LogP contribution in [0.15, 0.2) is 34.9 Å². The summed E-state index contributed by atoms with van der Waals surface area (Å²) in [4.78, 5) is 9.21. The summed E-state index contributed by atoms with van der Waals surface area (Å²) >= 11 is 1.34. The monoisotopic (exact) mass is 323 g/mol. The van der Waals surface area contributed by atoms with Crippen LogP contribution in [-0.2, 0) is 10.0 Å². The minimum Gasteiger partial charge on any atom is -0.245 e. The lowest BCUT2D eigenvalue weighted by molar-refractivity contribution is 0.317. The molecular formula is C14H17N3O2S2. The maximum absolute atomic E-state index is 12.6. The highest BCUT2D eigenvalue weighted by atomic mass is 32.2. The average molecular weight is 323 g/mol. The van der Waals surface area contributed by atoms with Crippen molar-refractivity contribution < 1.29 is 8.42 Å². The van der Waals surface area contributed by atoms with E-state index in [1.54, 1.807) is 22.9 Å². The summed E-state index contributed by atoms with van der Waals surface area (Å²) in [6.07, 6.45) is 4.90. The quantitative estimate of drug-likeness (QED) is 0.870. The van der Waals surface area contributed by atoms with Crippen molar-refractivity contribution in [1.29, 1.82) is 0 Å². The van der Waals surface area contributed by atoms with Crippen molar-refractivity contribution in [3.63, 3.8) is 0 Å². The third-order valence-electron chi connectivity index (χ3n) is 3.79. The highest BCUT2D eigenvalue weighted by Gasteiger charge is 2.31. The van der Waals surface area contributed by atoms with Crippen LogP contribution in [0.5, 0.6) is 0 Å². The standard InChI is InChI=1S/C14H17N3O2S2/c1-11-2-3-14(20-11)21(18,19)17-8-5-12(6-9-17)13-4-7-15-10-16-13/h2-4,7,10,12H,5-6,8-9H2,1H3.